The SMILES string of the molecule is COc1ccc(CCNC(=O)CC2CCC(=O)N2Cc2ccc(C)cc2)cc1OC. The van der Waals surface area contributed by atoms with Gasteiger partial charge in [0.2, 0.25) is 11.8 Å². The number of carbonyl (C=O) groups is 2. The van der Waals surface area contributed by atoms with Crippen molar-refractivity contribution < 1.29 is 19.1 Å². The summed E-state index contributed by atoms with van der Waals surface area (Å²) in [5.74, 6) is 1.46. The van der Waals surface area contributed by atoms with Gasteiger partial charge in [-0.2, -0.15) is 0 Å². The van der Waals surface area contributed by atoms with E-state index in [-0.39, 0.29) is 17.9 Å². The highest BCUT2D eigenvalue weighted by Gasteiger charge is 2.32. The standard InChI is InChI=1S/C24H30N2O4/c1-17-4-6-19(7-5-17)16-26-20(9-11-24(26)28)15-23(27)25-13-12-18-8-10-21(29-2)22(14-18)30-3/h4-8,10,14,20H,9,11-13,15-16H2,1-3H3,(H,25,27). The van der Waals surface area contributed by atoms with Crippen molar-refractivity contribution in [3.8, 4) is 11.5 Å². The summed E-state index contributed by atoms with van der Waals surface area (Å²) in [5.41, 5.74) is 3.34. The van der Waals surface area contributed by atoms with Crippen LogP contribution in [0.5, 0.6) is 11.5 Å². The van der Waals surface area contributed by atoms with Crippen molar-refractivity contribution in [2.45, 2.75) is 45.2 Å². The molecule has 0 saturated carbocycles. The van der Waals surface area contributed by atoms with E-state index in [0.29, 0.717) is 43.9 Å². The number of amides is 2. The van der Waals surface area contributed by atoms with Gasteiger partial charge in [-0.25, -0.2) is 0 Å². The number of nitrogens with one attached hydrogen (secondary N) is 1. The fourth-order valence-electron chi connectivity index (χ4n) is 3.78. The van der Waals surface area contributed by atoms with E-state index in [1.54, 1.807) is 14.2 Å². The Labute approximate surface area is 178 Å². The van der Waals surface area contributed by atoms with Crippen molar-refractivity contribution in [1.29, 1.82) is 0 Å². The number of ether oxygens (including phenoxy) is 2. The summed E-state index contributed by atoms with van der Waals surface area (Å²) in [6.07, 6.45) is 2.27. The monoisotopic (exact) mass is 410 g/mol. The van der Waals surface area contributed by atoms with E-state index in [1.807, 2.05) is 54.3 Å². The lowest BCUT2D eigenvalue weighted by Crippen LogP contribution is -2.37. The number of likely N-dealkylation sites (tertiary alicyclic amines) is 1. The van der Waals surface area contributed by atoms with E-state index < -0.39 is 0 Å². The average molecular weight is 411 g/mol. The lowest BCUT2D eigenvalue weighted by Gasteiger charge is -2.24. The molecule has 1 unspecified atom stereocenters. The fourth-order valence-corrected chi connectivity index (χ4v) is 3.78. The number of benzene rings is 2. The predicted octanol–water partition coefficient (Wildman–Crippen LogP) is 3.25. The van der Waals surface area contributed by atoms with Crippen molar-refractivity contribution in [3.63, 3.8) is 0 Å². The van der Waals surface area contributed by atoms with Gasteiger partial charge in [-0.05, 0) is 43.0 Å². The summed E-state index contributed by atoms with van der Waals surface area (Å²) in [4.78, 5) is 26.6. The molecule has 2 amide bonds. The minimum Gasteiger partial charge on any atom is -0.493 e. The summed E-state index contributed by atoms with van der Waals surface area (Å²) >= 11 is 0. The third-order valence-electron chi connectivity index (χ3n) is 5.53. The molecular formula is C24H30N2O4. The van der Waals surface area contributed by atoms with Crippen LogP contribution in [0.2, 0.25) is 0 Å². The van der Waals surface area contributed by atoms with Crippen molar-refractivity contribution in [3.05, 3.63) is 59.2 Å². The Balaban J connectivity index is 1.50. The summed E-state index contributed by atoms with van der Waals surface area (Å²) in [5, 5.41) is 2.98. The molecule has 2 aromatic rings. The molecule has 0 aromatic heterocycles. The number of hydrogen-bond donors (Lipinski definition) is 1. The number of methoxy groups -OCH3 is 2. The van der Waals surface area contributed by atoms with Gasteiger partial charge in [0.1, 0.15) is 0 Å². The number of hydrogen-bond acceptors (Lipinski definition) is 4. The summed E-state index contributed by atoms with van der Waals surface area (Å²) < 4.78 is 10.6. The van der Waals surface area contributed by atoms with Crippen LogP contribution in [0.1, 0.15) is 36.0 Å². The van der Waals surface area contributed by atoms with Gasteiger partial charge in [0.05, 0.1) is 14.2 Å². The first-order valence-electron chi connectivity index (χ1n) is 10.3. The molecule has 30 heavy (non-hydrogen) atoms. The maximum atomic E-state index is 12.5. The first-order valence-corrected chi connectivity index (χ1v) is 10.3. The third kappa shape index (κ3) is 5.53. The van der Waals surface area contributed by atoms with Gasteiger partial charge in [-0.1, -0.05) is 35.9 Å². The average Bonchev–Trinajstić information content (AvgIpc) is 3.08. The fraction of sp³-hybridized carbons (Fsp3) is 0.417. The highest BCUT2D eigenvalue weighted by atomic mass is 16.5. The Bertz CT molecular complexity index is 879. The Morgan fingerprint density at radius 1 is 1.07 bits per heavy atom. The van der Waals surface area contributed by atoms with Crippen LogP contribution < -0.4 is 14.8 Å². The minimum absolute atomic E-state index is 0.0240. The Kier molecular flexibility index (Phi) is 7.33. The van der Waals surface area contributed by atoms with E-state index >= 15 is 0 Å². The number of rotatable bonds is 9. The zero-order valence-corrected chi connectivity index (χ0v) is 17.9. The second-order valence-electron chi connectivity index (χ2n) is 7.69. The number of carbonyl (C=O) groups excluding carboxylic acids is 2. The van der Waals surface area contributed by atoms with Crippen LogP contribution in [0.15, 0.2) is 42.5 Å². The van der Waals surface area contributed by atoms with Gasteiger partial charge in [0.25, 0.3) is 0 Å². The molecule has 2 aromatic carbocycles. The first-order chi connectivity index (χ1) is 14.5. The second kappa shape index (κ2) is 10.1. The molecule has 0 bridgehead atoms. The van der Waals surface area contributed by atoms with E-state index in [0.717, 1.165) is 17.5 Å². The van der Waals surface area contributed by atoms with Crippen LogP contribution in [0.25, 0.3) is 0 Å². The summed E-state index contributed by atoms with van der Waals surface area (Å²) in [6.45, 7) is 3.13. The van der Waals surface area contributed by atoms with Gasteiger partial charge in [-0.15, -0.1) is 0 Å². The Morgan fingerprint density at radius 3 is 2.47 bits per heavy atom. The lowest BCUT2D eigenvalue weighted by atomic mass is 10.1. The smallest absolute Gasteiger partial charge is 0.223 e. The van der Waals surface area contributed by atoms with Gasteiger partial charge in [0, 0.05) is 32.0 Å². The number of nitrogens with zero attached hydrogens (tertiary/aromatic N) is 1. The highest BCUT2D eigenvalue weighted by molar-refractivity contribution is 5.82. The minimum atomic E-state index is -0.0418. The van der Waals surface area contributed by atoms with E-state index in [4.69, 9.17) is 9.47 Å². The summed E-state index contributed by atoms with van der Waals surface area (Å²) in [6, 6.07) is 13.9. The third-order valence-corrected chi connectivity index (χ3v) is 5.53. The zero-order valence-electron chi connectivity index (χ0n) is 17.9. The van der Waals surface area contributed by atoms with Crippen LogP contribution in [0.3, 0.4) is 0 Å². The van der Waals surface area contributed by atoms with E-state index in [9.17, 15) is 9.59 Å². The van der Waals surface area contributed by atoms with Crippen molar-refractivity contribution in [2.75, 3.05) is 20.8 Å². The van der Waals surface area contributed by atoms with Crippen LogP contribution in [-0.2, 0) is 22.6 Å². The zero-order chi connectivity index (χ0) is 21.5. The van der Waals surface area contributed by atoms with E-state index in [2.05, 4.69) is 5.32 Å². The quantitative estimate of drug-likeness (QED) is 0.689. The maximum absolute atomic E-state index is 12.5. The van der Waals surface area contributed by atoms with Crippen molar-refractivity contribution in [2.24, 2.45) is 0 Å². The van der Waals surface area contributed by atoms with Crippen molar-refractivity contribution >= 4 is 11.8 Å². The largest absolute Gasteiger partial charge is 0.493 e. The molecule has 1 heterocycles. The first kappa shape index (κ1) is 21.7. The molecule has 0 radical (unpaired) electrons. The lowest BCUT2D eigenvalue weighted by molar-refractivity contribution is -0.130. The molecule has 160 valence electrons. The molecule has 1 fully saturated rings. The van der Waals surface area contributed by atoms with Crippen LogP contribution >= 0.6 is 0 Å². The molecular weight excluding hydrogens is 380 g/mol. The molecule has 3 rings (SSSR count). The van der Waals surface area contributed by atoms with Gasteiger partial charge < -0.3 is 19.7 Å². The second-order valence-corrected chi connectivity index (χ2v) is 7.69. The maximum Gasteiger partial charge on any atom is 0.223 e. The molecule has 6 heteroatoms. The van der Waals surface area contributed by atoms with Gasteiger partial charge >= 0.3 is 0 Å². The molecule has 1 atom stereocenters. The van der Waals surface area contributed by atoms with Crippen LogP contribution in [0, 0.1) is 6.92 Å². The molecule has 1 saturated heterocycles. The van der Waals surface area contributed by atoms with E-state index in [1.165, 1.54) is 5.56 Å². The topological polar surface area (TPSA) is 67.9 Å². The molecule has 1 aliphatic heterocycles. The molecule has 6 nitrogen and oxygen atoms in total. The molecule has 1 aliphatic rings. The van der Waals surface area contributed by atoms with Crippen molar-refractivity contribution in [1.82, 2.24) is 10.2 Å². The van der Waals surface area contributed by atoms with Gasteiger partial charge in [-0.3, -0.25) is 9.59 Å². The van der Waals surface area contributed by atoms with Crippen LogP contribution in [-0.4, -0.2) is 43.5 Å². The van der Waals surface area contributed by atoms with Gasteiger partial charge in [0.15, 0.2) is 11.5 Å². The Morgan fingerprint density at radius 2 is 1.77 bits per heavy atom. The molecule has 0 spiro atoms. The Hall–Kier alpha value is -3.02. The number of aryl methyl sites for hydroxylation is 1. The summed E-state index contributed by atoms with van der Waals surface area (Å²) in [7, 11) is 3.21. The van der Waals surface area contributed by atoms with Crippen LogP contribution in [0.4, 0.5) is 0 Å². The predicted molar refractivity (Wildman–Crippen MR) is 116 cm³/mol. The highest BCUT2D eigenvalue weighted by Crippen LogP contribution is 2.27. The molecule has 0 aliphatic carbocycles. The molecule has 1 N–H and O–H groups in total. The normalized spacial score (nSPS) is 15.9.